The summed E-state index contributed by atoms with van der Waals surface area (Å²) >= 11 is 0. The van der Waals surface area contributed by atoms with Crippen LogP contribution in [0, 0.1) is 13.8 Å². The first-order valence-corrected chi connectivity index (χ1v) is 10.8. The van der Waals surface area contributed by atoms with Crippen molar-refractivity contribution in [2.24, 2.45) is 7.05 Å². The van der Waals surface area contributed by atoms with Crippen molar-refractivity contribution in [3.63, 3.8) is 0 Å². The summed E-state index contributed by atoms with van der Waals surface area (Å²) in [5, 5.41) is 9.32. The van der Waals surface area contributed by atoms with E-state index in [0.29, 0.717) is 30.8 Å². The summed E-state index contributed by atoms with van der Waals surface area (Å²) in [5.41, 5.74) is 3.70. The summed E-state index contributed by atoms with van der Waals surface area (Å²) in [4.78, 5) is 29.8. The average Bonchev–Trinajstić information content (AvgIpc) is 3.20. The normalized spacial score (nSPS) is 15.0. The molecule has 1 amide bonds. The maximum atomic E-state index is 13.0. The number of carbonyl (C=O) groups excluding carboxylic acids is 1. The molecule has 1 aliphatic heterocycles. The predicted octanol–water partition coefficient (Wildman–Crippen LogP) is 2.16. The van der Waals surface area contributed by atoms with E-state index in [2.05, 4.69) is 21.2 Å². The monoisotopic (exact) mass is 430 g/mol. The molecule has 32 heavy (non-hydrogen) atoms. The van der Waals surface area contributed by atoms with Crippen LogP contribution >= 0.6 is 0 Å². The molecule has 5 rings (SSSR count). The Labute approximate surface area is 185 Å². The van der Waals surface area contributed by atoms with Crippen LogP contribution < -0.4 is 5.56 Å². The number of nitrogens with zero attached hydrogens (tertiary/aromatic N) is 6. The molecule has 1 saturated heterocycles. The zero-order valence-corrected chi connectivity index (χ0v) is 18.6. The van der Waals surface area contributed by atoms with Gasteiger partial charge in [0.2, 0.25) is 5.78 Å². The van der Waals surface area contributed by atoms with E-state index in [1.165, 1.54) is 0 Å². The number of piperazine rings is 1. The number of aromatic nitrogens is 4. The minimum Gasteiger partial charge on any atom is -0.336 e. The molecule has 2 aromatic heterocycles. The van der Waals surface area contributed by atoms with Gasteiger partial charge in [-0.1, -0.05) is 29.3 Å². The minimum atomic E-state index is -0.0782. The van der Waals surface area contributed by atoms with E-state index in [1.54, 1.807) is 11.6 Å². The Kier molecular flexibility index (Phi) is 5.01. The molecule has 0 N–H and O–H groups in total. The van der Waals surface area contributed by atoms with Gasteiger partial charge in [-0.3, -0.25) is 23.5 Å². The third-order valence-electron chi connectivity index (χ3n) is 6.19. The maximum absolute atomic E-state index is 13.0. The van der Waals surface area contributed by atoms with Crippen LogP contribution in [-0.4, -0.2) is 61.1 Å². The molecule has 4 aromatic rings. The van der Waals surface area contributed by atoms with Gasteiger partial charge in [0.05, 0.1) is 17.4 Å². The highest BCUT2D eigenvalue weighted by molar-refractivity contribution is 5.94. The number of aryl methyl sites for hydroxylation is 3. The molecule has 0 unspecified atom stereocenters. The molecule has 0 atom stereocenters. The Balaban J connectivity index is 1.36. The van der Waals surface area contributed by atoms with Crippen molar-refractivity contribution in [2.75, 3.05) is 26.2 Å². The van der Waals surface area contributed by atoms with Crippen LogP contribution in [0.15, 0.2) is 47.3 Å². The Bertz CT molecular complexity index is 1370. The van der Waals surface area contributed by atoms with Crippen molar-refractivity contribution in [1.29, 1.82) is 0 Å². The lowest BCUT2D eigenvalue weighted by Gasteiger charge is -2.34. The summed E-state index contributed by atoms with van der Waals surface area (Å²) in [6, 6.07) is 13.5. The number of hydrogen-bond acceptors (Lipinski definition) is 5. The van der Waals surface area contributed by atoms with Crippen LogP contribution in [0.4, 0.5) is 0 Å². The van der Waals surface area contributed by atoms with Gasteiger partial charge >= 0.3 is 0 Å². The lowest BCUT2D eigenvalue weighted by molar-refractivity contribution is 0.0625. The van der Waals surface area contributed by atoms with Crippen molar-refractivity contribution < 1.29 is 4.79 Å². The molecule has 0 aliphatic carbocycles. The van der Waals surface area contributed by atoms with Crippen LogP contribution in [0.3, 0.4) is 0 Å². The molecule has 0 saturated carbocycles. The van der Waals surface area contributed by atoms with E-state index in [-0.39, 0.29) is 11.5 Å². The van der Waals surface area contributed by atoms with Crippen molar-refractivity contribution in [3.05, 3.63) is 75.3 Å². The van der Waals surface area contributed by atoms with Gasteiger partial charge in [0, 0.05) is 38.8 Å². The number of amides is 1. The molecular weight excluding hydrogens is 404 g/mol. The SMILES string of the molecule is Cc1cc(C)cc(C(=O)N2CCN(Cc3nnc4n(C)c(=O)c5ccccc5n34)CC2)c1. The van der Waals surface area contributed by atoms with Crippen LogP contribution in [-0.2, 0) is 13.6 Å². The lowest BCUT2D eigenvalue weighted by Crippen LogP contribution is -2.48. The molecule has 8 heteroatoms. The third kappa shape index (κ3) is 3.46. The minimum absolute atomic E-state index is 0.0782. The zero-order chi connectivity index (χ0) is 22.4. The molecule has 1 fully saturated rings. The topological polar surface area (TPSA) is 75.7 Å². The fraction of sp³-hybridized carbons (Fsp3) is 0.333. The van der Waals surface area contributed by atoms with Gasteiger partial charge in [0.15, 0.2) is 5.82 Å². The zero-order valence-electron chi connectivity index (χ0n) is 18.6. The van der Waals surface area contributed by atoms with Crippen LogP contribution in [0.25, 0.3) is 16.7 Å². The molecule has 2 aromatic carbocycles. The molecule has 0 bridgehead atoms. The summed E-state index contributed by atoms with van der Waals surface area (Å²) in [6.07, 6.45) is 0. The van der Waals surface area contributed by atoms with Gasteiger partial charge in [0.25, 0.3) is 11.5 Å². The fourth-order valence-electron chi connectivity index (χ4n) is 4.58. The first-order chi connectivity index (χ1) is 15.4. The van der Waals surface area contributed by atoms with E-state index in [9.17, 15) is 9.59 Å². The first kappa shape index (κ1) is 20.4. The summed E-state index contributed by atoms with van der Waals surface area (Å²) in [6.45, 7) is 7.50. The van der Waals surface area contributed by atoms with E-state index in [4.69, 9.17) is 0 Å². The standard InChI is InChI=1S/C24H26N6O2/c1-16-12-17(2)14-18(13-16)22(31)29-10-8-28(9-11-29)15-21-25-26-24-27(3)23(32)19-6-4-5-7-20(19)30(21)24/h4-7,12-14H,8-11,15H2,1-3H3. The van der Waals surface area contributed by atoms with Gasteiger partial charge in [-0.25, -0.2) is 0 Å². The van der Waals surface area contributed by atoms with Crippen molar-refractivity contribution in [3.8, 4) is 0 Å². The Morgan fingerprint density at radius 1 is 0.969 bits per heavy atom. The molecule has 0 spiro atoms. The molecule has 8 nitrogen and oxygen atoms in total. The largest absolute Gasteiger partial charge is 0.336 e. The van der Waals surface area contributed by atoms with E-state index >= 15 is 0 Å². The number of benzene rings is 2. The maximum Gasteiger partial charge on any atom is 0.262 e. The van der Waals surface area contributed by atoms with Gasteiger partial charge < -0.3 is 4.90 Å². The second-order valence-corrected chi connectivity index (χ2v) is 8.58. The smallest absolute Gasteiger partial charge is 0.262 e. The number of para-hydroxylation sites is 1. The number of hydrogen-bond donors (Lipinski definition) is 0. The highest BCUT2D eigenvalue weighted by Crippen LogP contribution is 2.17. The summed E-state index contributed by atoms with van der Waals surface area (Å²) < 4.78 is 3.50. The van der Waals surface area contributed by atoms with E-state index in [1.807, 2.05) is 59.5 Å². The fourth-order valence-corrected chi connectivity index (χ4v) is 4.58. The average molecular weight is 431 g/mol. The lowest BCUT2D eigenvalue weighted by atomic mass is 10.1. The van der Waals surface area contributed by atoms with Gasteiger partial charge in [-0.2, -0.15) is 0 Å². The summed E-state index contributed by atoms with van der Waals surface area (Å²) in [7, 11) is 1.72. The summed E-state index contributed by atoms with van der Waals surface area (Å²) in [5.74, 6) is 1.42. The van der Waals surface area contributed by atoms with Crippen molar-refractivity contribution >= 4 is 22.6 Å². The quantitative estimate of drug-likeness (QED) is 0.498. The highest BCUT2D eigenvalue weighted by atomic mass is 16.2. The van der Waals surface area contributed by atoms with E-state index < -0.39 is 0 Å². The predicted molar refractivity (Wildman–Crippen MR) is 123 cm³/mol. The molecular formula is C24H26N6O2. The number of rotatable bonds is 3. The Morgan fingerprint density at radius 2 is 1.66 bits per heavy atom. The molecule has 1 aliphatic rings. The third-order valence-corrected chi connectivity index (χ3v) is 6.19. The van der Waals surface area contributed by atoms with Gasteiger partial charge in [-0.15, -0.1) is 10.2 Å². The Hall–Kier alpha value is -3.52. The molecule has 164 valence electrons. The first-order valence-electron chi connectivity index (χ1n) is 10.8. The number of carbonyl (C=O) groups is 1. The van der Waals surface area contributed by atoms with Crippen LogP contribution in [0.5, 0.6) is 0 Å². The van der Waals surface area contributed by atoms with Gasteiger partial charge in [-0.05, 0) is 38.1 Å². The van der Waals surface area contributed by atoms with Crippen LogP contribution in [0.2, 0.25) is 0 Å². The van der Waals surface area contributed by atoms with Gasteiger partial charge in [0.1, 0.15) is 0 Å². The second-order valence-electron chi connectivity index (χ2n) is 8.58. The molecule has 3 heterocycles. The highest BCUT2D eigenvalue weighted by Gasteiger charge is 2.24. The van der Waals surface area contributed by atoms with E-state index in [0.717, 1.165) is 41.1 Å². The number of fused-ring (bicyclic) bond motifs is 3. The second kappa shape index (κ2) is 7.87. The Morgan fingerprint density at radius 3 is 2.38 bits per heavy atom. The van der Waals surface area contributed by atoms with Crippen molar-refractivity contribution in [1.82, 2.24) is 29.0 Å². The molecule has 0 radical (unpaired) electrons. The van der Waals surface area contributed by atoms with Crippen LogP contribution in [0.1, 0.15) is 27.3 Å². The van der Waals surface area contributed by atoms with Crippen molar-refractivity contribution in [2.45, 2.75) is 20.4 Å².